The first-order chi connectivity index (χ1) is 8.58. The minimum absolute atomic E-state index is 0.0866. The predicted octanol–water partition coefficient (Wildman–Crippen LogP) is 1.53. The van der Waals surface area contributed by atoms with Crippen LogP contribution in [0, 0.1) is 5.82 Å². The molecule has 1 aliphatic heterocycles. The van der Waals surface area contributed by atoms with Gasteiger partial charge in [0.25, 0.3) is 0 Å². The lowest BCUT2D eigenvalue weighted by molar-refractivity contribution is 0.0696. The van der Waals surface area contributed by atoms with Crippen LogP contribution in [0.2, 0.25) is 0 Å². The van der Waals surface area contributed by atoms with Crippen molar-refractivity contribution in [1.29, 1.82) is 0 Å². The topological polar surface area (TPSA) is 62.7 Å². The molecule has 98 valence electrons. The van der Waals surface area contributed by atoms with Crippen LogP contribution < -0.4 is 4.90 Å². The van der Waals surface area contributed by atoms with Crippen LogP contribution in [0.3, 0.4) is 0 Å². The van der Waals surface area contributed by atoms with E-state index in [1.54, 1.807) is 11.9 Å². The summed E-state index contributed by atoms with van der Waals surface area (Å²) >= 11 is 0. The molecule has 1 unspecified atom stereocenters. The summed E-state index contributed by atoms with van der Waals surface area (Å²) in [5.74, 6) is -1.57. The van der Waals surface area contributed by atoms with Crippen molar-refractivity contribution in [3.05, 3.63) is 23.6 Å². The highest BCUT2D eigenvalue weighted by atomic mass is 19.1. The maximum atomic E-state index is 13.0. The third-order valence-electron chi connectivity index (χ3n) is 2.93. The fourth-order valence-electron chi connectivity index (χ4n) is 2.07. The third-order valence-corrected chi connectivity index (χ3v) is 2.93. The number of pyridine rings is 1. The molecule has 0 amide bonds. The van der Waals surface area contributed by atoms with Gasteiger partial charge in [-0.1, -0.05) is 0 Å². The van der Waals surface area contributed by atoms with Crippen molar-refractivity contribution < 1.29 is 19.0 Å². The summed E-state index contributed by atoms with van der Waals surface area (Å²) in [6, 6.07) is 0.983. The van der Waals surface area contributed by atoms with Gasteiger partial charge >= 0.3 is 5.97 Å². The van der Waals surface area contributed by atoms with E-state index in [2.05, 4.69) is 4.98 Å². The number of aromatic carboxylic acids is 1. The van der Waals surface area contributed by atoms with Gasteiger partial charge in [0, 0.05) is 20.2 Å². The first kappa shape index (κ1) is 12.8. The zero-order chi connectivity index (χ0) is 13.1. The van der Waals surface area contributed by atoms with E-state index in [1.165, 1.54) is 0 Å². The number of ether oxygens (including phenoxy) is 1. The van der Waals surface area contributed by atoms with Gasteiger partial charge in [0.2, 0.25) is 0 Å². The first-order valence-electron chi connectivity index (χ1n) is 5.79. The van der Waals surface area contributed by atoms with Crippen molar-refractivity contribution in [1.82, 2.24) is 4.98 Å². The van der Waals surface area contributed by atoms with Gasteiger partial charge in [-0.25, -0.2) is 14.2 Å². The molecule has 0 aromatic carbocycles. The molecule has 1 fully saturated rings. The van der Waals surface area contributed by atoms with Crippen molar-refractivity contribution in [3.8, 4) is 0 Å². The Hall–Kier alpha value is -1.69. The van der Waals surface area contributed by atoms with Gasteiger partial charge in [-0.3, -0.25) is 0 Å². The Morgan fingerprint density at radius 1 is 1.72 bits per heavy atom. The second kappa shape index (κ2) is 5.30. The standard InChI is InChI=1S/C12H15FN2O3/c1-15(7-9-3-2-4-18-9)11-10(12(16)17)5-8(13)6-14-11/h5-6,9H,2-4,7H2,1H3,(H,16,17). The van der Waals surface area contributed by atoms with E-state index in [9.17, 15) is 9.18 Å². The minimum atomic E-state index is -1.18. The second-order valence-electron chi connectivity index (χ2n) is 4.35. The Kier molecular flexibility index (Phi) is 3.76. The lowest BCUT2D eigenvalue weighted by Gasteiger charge is -2.22. The smallest absolute Gasteiger partial charge is 0.339 e. The maximum absolute atomic E-state index is 13.0. The van der Waals surface area contributed by atoms with E-state index in [4.69, 9.17) is 9.84 Å². The third kappa shape index (κ3) is 2.76. The van der Waals surface area contributed by atoms with Crippen LogP contribution in [-0.4, -0.2) is 42.4 Å². The molecule has 0 radical (unpaired) electrons. The Morgan fingerprint density at radius 3 is 3.11 bits per heavy atom. The number of carboxylic acid groups (broad SMARTS) is 1. The number of hydrogen-bond donors (Lipinski definition) is 1. The fraction of sp³-hybridized carbons (Fsp3) is 0.500. The van der Waals surface area contributed by atoms with Crippen LogP contribution in [0.15, 0.2) is 12.3 Å². The average molecular weight is 254 g/mol. The van der Waals surface area contributed by atoms with Crippen molar-refractivity contribution in [2.75, 3.05) is 25.1 Å². The molecular weight excluding hydrogens is 239 g/mol. The zero-order valence-electron chi connectivity index (χ0n) is 10.1. The van der Waals surface area contributed by atoms with Crippen LogP contribution >= 0.6 is 0 Å². The summed E-state index contributed by atoms with van der Waals surface area (Å²) in [6.07, 6.45) is 3.08. The van der Waals surface area contributed by atoms with Gasteiger partial charge in [-0.15, -0.1) is 0 Å². The molecule has 1 saturated heterocycles. The normalized spacial score (nSPS) is 18.9. The number of rotatable bonds is 4. The Morgan fingerprint density at radius 2 is 2.50 bits per heavy atom. The molecule has 0 saturated carbocycles. The van der Waals surface area contributed by atoms with Crippen molar-refractivity contribution in [2.24, 2.45) is 0 Å². The number of nitrogens with zero attached hydrogens (tertiary/aromatic N) is 2. The maximum Gasteiger partial charge on any atom is 0.339 e. The van der Waals surface area contributed by atoms with Crippen molar-refractivity contribution >= 4 is 11.8 Å². The highest BCUT2D eigenvalue weighted by Gasteiger charge is 2.21. The molecule has 0 spiro atoms. The van der Waals surface area contributed by atoms with E-state index in [0.717, 1.165) is 31.7 Å². The van der Waals surface area contributed by atoms with Crippen molar-refractivity contribution in [3.63, 3.8) is 0 Å². The van der Waals surface area contributed by atoms with Crippen LogP contribution in [0.5, 0.6) is 0 Å². The molecule has 1 aromatic heterocycles. The zero-order valence-corrected chi connectivity index (χ0v) is 10.1. The highest BCUT2D eigenvalue weighted by molar-refractivity contribution is 5.93. The van der Waals surface area contributed by atoms with E-state index in [-0.39, 0.29) is 17.5 Å². The minimum Gasteiger partial charge on any atom is -0.478 e. The largest absolute Gasteiger partial charge is 0.478 e. The van der Waals surface area contributed by atoms with Gasteiger partial charge in [0.15, 0.2) is 0 Å². The van der Waals surface area contributed by atoms with Gasteiger partial charge in [0.05, 0.1) is 12.3 Å². The summed E-state index contributed by atoms with van der Waals surface area (Å²) < 4.78 is 18.5. The van der Waals surface area contributed by atoms with Crippen LogP contribution in [-0.2, 0) is 4.74 Å². The molecule has 6 heteroatoms. The predicted molar refractivity (Wildman–Crippen MR) is 63.4 cm³/mol. The lowest BCUT2D eigenvalue weighted by atomic mass is 10.2. The van der Waals surface area contributed by atoms with Crippen LogP contribution in [0.1, 0.15) is 23.2 Å². The number of anilines is 1. The molecular formula is C12H15FN2O3. The van der Waals surface area contributed by atoms with E-state index >= 15 is 0 Å². The highest BCUT2D eigenvalue weighted by Crippen LogP contribution is 2.20. The first-order valence-corrected chi connectivity index (χ1v) is 5.79. The van der Waals surface area contributed by atoms with Gasteiger partial charge in [0.1, 0.15) is 17.2 Å². The number of likely N-dealkylation sites (N-methyl/N-ethyl adjacent to an activating group) is 1. The molecule has 2 heterocycles. The quantitative estimate of drug-likeness (QED) is 0.883. The molecule has 1 N–H and O–H groups in total. The van der Waals surface area contributed by atoms with E-state index in [1.807, 2.05) is 0 Å². The number of aromatic nitrogens is 1. The number of carboxylic acids is 1. The molecule has 5 nitrogen and oxygen atoms in total. The summed E-state index contributed by atoms with van der Waals surface area (Å²) in [6.45, 7) is 1.29. The Bertz CT molecular complexity index is 447. The molecule has 1 aliphatic rings. The molecule has 1 atom stereocenters. The molecule has 0 bridgehead atoms. The fourth-order valence-corrected chi connectivity index (χ4v) is 2.07. The number of hydrogen-bond acceptors (Lipinski definition) is 4. The Labute approximate surface area is 104 Å². The molecule has 0 aliphatic carbocycles. The van der Waals surface area contributed by atoms with Crippen molar-refractivity contribution in [2.45, 2.75) is 18.9 Å². The number of halogens is 1. The van der Waals surface area contributed by atoms with Crippen LogP contribution in [0.25, 0.3) is 0 Å². The van der Waals surface area contributed by atoms with E-state index in [0.29, 0.717) is 6.54 Å². The number of carbonyl (C=O) groups is 1. The van der Waals surface area contributed by atoms with Crippen LogP contribution in [0.4, 0.5) is 10.2 Å². The van der Waals surface area contributed by atoms with Gasteiger partial charge < -0.3 is 14.7 Å². The summed E-state index contributed by atoms with van der Waals surface area (Å²) in [7, 11) is 1.73. The van der Waals surface area contributed by atoms with Gasteiger partial charge in [-0.05, 0) is 18.9 Å². The Balaban J connectivity index is 2.17. The van der Waals surface area contributed by atoms with E-state index < -0.39 is 11.8 Å². The summed E-state index contributed by atoms with van der Waals surface area (Å²) in [5.41, 5.74) is -0.129. The lowest BCUT2D eigenvalue weighted by Crippen LogP contribution is -2.30. The average Bonchev–Trinajstić information content (AvgIpc) is 2.81. The summed E-state index contributed by atoms with van der Waals surface area (Å²) in [4.78, 5) is 16.6. The molecule has 2 rings (SSSR count). The SMILES string of the molecule is CN(CC1CCCO1)c1ncc(F)cc1C(=O)O. The molecule has 18 heavy (non-hydrogen) atoms. The van der Waals surface area contributed by atoms with Gasteiger partial charge in [-0.2, -0.15) is 0 Å². The second-order valence-corrected chi connectivity index (χ2v) is 4.35. The molecule has 1 aromatic rings. The summed E-state index contributed by atoms with van der Waals surface area (Å²) in [5, 5.41) is 9.04. The monoisotopic (exact) mass is 254 g/mol.